The molecule has 6 heteroatoms. The lowest BCUT2D eigenvalue weighted by Crippen LogP contribution is -2.56. The molecule has 2 fully saturated rings. The fourth-order valence-corrected chi connectivity index (χ4v) is 3.66. The van der Waals surface area contributed by atoms with E-state index in [1.807, 2.05) is 23.1 Å². The van der Waals surface area contributed by atoms with Crippen molar-refractivity contribution in [2.24, 2.45) is 0 Å². The Kier molecular flexibility index (Phi) is 5.81. The second-order valence-corrected chi connectivity index (χ2v) is 6.77. The van der Waals surface area contributed by atoms with Gasteiger partial charge in [-0.05, 0) is 25.6 Å². The molecule has 2 atom stereocenters. The lowest BCUT2D eigenvalue weighted by molar-refractivity contribution is -0.139. The van der Waals surface area contributed by atoms with Gasteiger partial charge in [0.15, 0.2) is 0 Å². The van der Waals surface area contributed by atoms with Gasteiger partial charge in [-0.25, -0.2) is 0 Å². The van der Waals surface area contributed by atoms with Gasteiger partial charge in [-0.3, -0.25) is 14.7 Å². The van der Waals surface area contributed by atoms with E-state index >= 15 is 0 Å². The Morgan fingerprint density at radius 3 is 2.71 bits per heavy atom. The van der Waals surface area contributed by atoms with Crippen LogP contribution in [0.15, 0.2) is 24.4 Å². The zero-order chi connectivity index (χ0) is 16.9. The number of carbonyl (C=O) groups excluding carboxylic acids is 1. The summed E-state index contributed by atoms with van der Waals surface area (Å²) < 4.78 is 0. The average Bonchev–Trinajstić information content (AvgIpc) is 2.63. The first kappa shape index (κ1) is 17.3. The monoisotopic (exact) mass is 331 g/mol. The Balaban J connectivity index is 1.78. The van der Waals surface area contributed by atoms with Gasteiger partial charge in [0.2, 0.25) is 5.91 Å². The lowest BCUT2D eigenvalue weighted by Gasteiger charge is -2.41. The van der Waals surface area contributed by atoms with E-state index in [4.69, 9.17) is 0 Å². The van der Waals surface area contributed by atoms with Gasteiger partial charge >= 0.3 is 0 Å². The van der Waals surface area contributed by atoms with Gasteiger partial charge in [0.05, 0.1) is 5.69 Å². The van der Waals surface area contributed by atoms with Crippen LogP contribution in [0.5, 0.6) is 0 Å². The van der Waals surface area contributed by atoms with Crippen LogP contribution in [-0.2, 0) is 4.79 Å². The number of piperazine rings is 2. The second-order valence-electron chi connectivity index (χ2n) is 6.77. The van der Waals surface area contributed by atoms with E-state index in [0.717, 1.165) is 58.1 Å². The zero-order valence-corrected chi connectivity index (χ0v) is 14.8. The normalized spacial score (nSPS) is 24.8. The van der Waals surface area contributed by atoms with Crippen molar-refractivity contribution >= 4 is 5.91 Å². The molecule has 1 amide bonds. The zero-order valence-electron chi connectivity index (χ0n) is 14.8. The van der Waals surface area contributed by atoms with Gasteiger partial charge in [0, 0.05) is 58.1 Å². The summed E-state index contributed by atoms with van der Waals surface area (Å²) >= 11 is 0. The van der Waals surface area contributed by atoms with Gasteiger partial charge in [-0.15, -0.1) is 0 Å². The van der Waals surface area contributed by atoms with E-state index < -0.39 is 0 Å². The van der Waals surface area contributed by atoms with Crippen LogP contribution in [0.1, 0.15) is 25.6 Å². The summed E-state index contributed by atoms with van der Waals surface area (Å²) in [5.74, 6) is 0.207. The molecule has 1 aromatic rings. The fourth-order valence-electron chi connectivity index (χ4n) is 3.66. The predicted octanol–water partition coefficient (Wildman–Crippen LogP) is 0.581. The first-order valence-corrected chi connectivity index (χ1v) is 9.08. The summed E-state index contributed by atoms with van der Waals surface area (Å²) in [5, 5.41) is 3.46. The Labute approximate surface area is 144 Å². The molecule has 2 unspecified atom stereocenters. The molecule has 2 saturated heterocycles. The summed E-state index contributed by atoms with van der Waals surface area (Å²) in [6, 6.07) is 6.00. The maximum Gasteiger partial charge on any atom is 0.246 e. The highest BCUT2D eigenvalue weighted by Gasteiger charge is 2.35. The van der Waals surface area contributed by atoms with Crippen molar-refractivity contribution in [2.45, 2.75) is 25.9 Å². The highest BCUT2D eigenvalue weighted by atomic mass is 16.2. The number of aromatic nitrogens is 1. The van der Waals surface area contributed by atoms with Crippen molar-refractivity contribution in [2.75, 3.05) is 52.4 Å². The van der Waals surface area contributed by atoms with Crippen LogP contribution < -0.4 is 5.32 Å². The number of carbonyl (C=O) groups is 1. The maximum atomic E-state index is 13.3. The van der Waals surface area contributed by atoms with E-state index in [1.165, 1.54) is 0 Å². The largest absolute Gasteiger partial charge is 0.338 e. The molecule has 132 valence electrons. The molecule has 1 aromatic heterocycles. The number of nitrogens with zero attached hydrogens (tertiary/aromatic N) is 4. The van der Waals surface area contributed by atoms with Gasteiger partial charge in [0.25, 0.3) is 0 Å². The number of pyridine rings is 1. The molecular weight excluding hydrogens is 302 g/mol. The first-order valence-electron chi connectivity index (χ1n) is 9.08. The standard InChI is InChI=1S/C18H29N5O/c1-3-21-10-12-22(13-11-21)18(24)17(16-6-4-5-7-20-16)23-9-8-19-15(2)14-23/h4-7,15,17,19H,3,8-14H2,1-2H3. The number of nitrogens with one attached hydrogen (secondary N) is 1. The van der Waals surface area contributed by atoms with Gasteiger partial charge in [-0.2, -0.15) is 0 Å². The van der Waals surface area contributed by atoms with Crippen molar-refractivity contribution in [3.05, 3.63) is 30.1 Å². The Morgan fingerprint density at radius 2 is 2.08 bits per heavy atom. The minimum Gasteiger partial charge on any atom is -0.338 e. The SMILES string of the molecule is CCN1CCN(C(=O)C(c2ccccn2)N2CCNC(C)C2)CC1. The van der Waals surface area contributed by atoms with Gasteiger partial charge < -0.3 is 15.1 Å². The molecule has 3 heterocycles. The Morgan fingerprint density at radius 1 is 1.29 bits per heavy atom. The predicted molar refractivity (Wildman–Crippen MR) is 94.7 cm³/mol. The number of amides is 1. The first-order chi connectivity index (χ1) is 11.7. The van der Waals surface area contributed by atoms with E-state index in [9.17, 15) is 4.79 Å². The minimum absolute atomic E-state index is 0.207. The molecule has 0 aliphatic carbocycles. The maximum absolute atomic E-state index is 13.3. The molecule has 0 spiro atoms. The molecule has 3 rings (SSSR count). The molecule has 24 heavy (non-hydrogen) atoms. The number of likely N-dealkylation sites (N-methyl/N-ethyl adjacent to an activating group) is 1. The van der Waals surface area contributed by atoms with E-state index in [1.54, 1.807) is 6.20 Å². The highest BCUT2D eigenvalue weighted by Crippen LogP contribution is 2.23. The van der Waals surface area contributed by atoms with Crippen LogP contribution in [0.2, 0.25) is 0 Å². The smallest absolute Gasteiger partial charge is 0.246 e. The lowest BCUT2D eigenvalue weighted by atomic mass is 10.1. The van der Waals surface area contributed by atoms with Crippen LogP contribution >= 0.6 is 0 Å². The Bertz CT molecular complexity index is 529. The van der Waals surface area contributed by atoms with Crippen molar-refractivity contribution in [1.29, 1.82) is 0 Å². The summed E-state index contributed by atoms with van der Waals surface area (Å²) in [7, 11) is 0. The molecular formula is C18H29N5O. The molecule has 0 aromatic carbocycles. The van der Waals surface area contributed by atoms with Crippen LogP contribution in [0.4, 0.5) is 0 Å². The van der Waals surface area contributed by atoms with E-state index in [0.29, 0.717) is 6.04 Å². The molecule has 0 saturated carbocycles. The summed E-state index contributed by atoms with van der Waals surface area (Å²) in [6.07, 6.45) is 1.79. The van der Waals surface area contributed by atoms with Crippen LogP contribution in [-0.4, -0.2) is 84.0 Å². The molecule has 2 aliphatic rings. The molecule has 0 bridgehead atoms. The average molecular weight is 331 g/mol. The van der Waals surface area contributed by atoms with Crippen molar-refractivity contribution in [1.82, 2.24) is 25.0 Å². The molecule has 1 N–H and O–H groups in total. The van der Waals surface area contributed by atoms with Crippen LogP contribution in [0.25, 0.3) is 0 Å². The quantitative estimate of drug-likeness (QED) is 0.875. The van der Waals surface area contributed by atoms with E-state index in [-0.39, 0.29) is 11.9 Å². The topological polar surface area (TPSA) is 51.7 Å². The number of hydrogen-bond donors (Lipinski definition) is 1. The number of rotatable bonds is 4. The third-order valence-electron chi connectivity index (χ3n) is 5.10. The second kappa shape index (κ2) is 8.05. The summed E-state index contributed by atoms with van der Waals surface area (Å²) in [4.78, 5) is 24.5. The van der Waals surface area contributed by atoms with Crippen molar-refractivity contribution in [3.63, 3.8) is 0 Å². The number of hydrogen-bond acceptors (Lipinski definition) is 5. The van der Waals surface area contributed by atoms with Crippen LogP contribution in [0, 0.1) is 0 Å². The summed E-state index contributed by atoms with van der Waals surface area (Å²) in [5.41, 5.74) is 0.870. The summed E-state index contributed by atoms with van der Waals surface area (Å²) in [6.45, 7) is 11.7. The molecule has 2 aliphatic heterocycles. The van der Waals surface area contributed by atoms with Crippen molar-refractivity contribution < 1.29 is 4.79 Å². The highest BCUT2D eigenvalue weighted by molar-refractivity contribution is 5.83. The minimum atomic E-state index is -0.260. The van der Waals surface area contributed by atoms with Gasteiger partial charge in [-0.1, -0.05) is 13.0 Å². The fraction of sp³-hybridized carbons (Fsp3) is 0.667. The van der Waals surface area contributed by atoms with Gasteiger partial charge in [0.1, 0.15) is 6.04 Å². The van der Waals surface area contributed by atoms with E-state index in [2.05, 4.69) is 33.9 Å². The Hall–Kier alpha value is -1.50. The van der Waals surface area contributed by atoms with Crippen LogP contribution in [0.3, 0.4) is 0 Å². The third-order valence-corrected chi connectivity index (χ3v) is 5.10. The van der Waals surface area contributed by atoms with Crippen molar-refractivity contribution in [3.8, 4) is 0 Å². The molecule has 0 radical (unpaired) electrons. The third kappa shape index (κ3) is 3.94. The molecule has 6 nitrogen and oxygen atoms in total.